The summed E-state index contributed by atoms with van der Waals surface area (Å²) in [6, 6.07) is 7.95. The van der Waals surface area contributed by atoms with Gasteiger partial charge >= 0.3 is 6.18 Å². The molecule has 0 spiro atoms. The van der Waals surface area contributed by atoms with Gasteiger partial charge in [0, 0.05) is 35.4 Å². The number of pyridine rings is 2. The topological polar surface area (TPSA) is 109 Å². The van der Waals surface area contributed by atoms with Gasteiger partial charge in [-0.15, -0.1) is 0 Å². The lowest BCUT2D eigenvalue weighted by atomic mass is 10.0. The van der Waals surface area contributed by atoms with E-state index >= 15 is 0 Å². The molecule has 1 amide bonds. The predicted molar refractivity (Wildman–Crippen MR) is 128 cm³/mol. The van der Waals surface area contributed by atoms with Crippen molar-refractivity contribution in [2.75, 3.05) is 11.9 Å². The Balaban J connectivity index is 1.48. The molecule has 4 heterocycles. The number of allylic oxidation sites excluding steroid dienone is 3. The molecule has 36 heavy (non-hydrogen) atoms. The quantitative estimate of drug-likeness (QED) is 0.564. The van der Waals surface area contributed by atoms with Crippen LogP contribution in [-0.4, -0.2) is 38.4 Å². The number of rotatable bonds is 5. The third-order valence-electron chi connectivity index (χ3n) is 5.47. The molecule has 182 valence electrons. The molecule has 0 saturated heterocycles. The van der Waals surface area contributed by atoms with Crippen molar-refractivity contribution in [3.8, 4) is 17.2 Å². The number of nitrogens with zero attached hydrogens (tertiary/aromatic N) is 6. The molecule has 3 aromatic rings. The zero-order valence-electron chi connectivity index (χ0n) is 19.3. The Morgan fingerprint density at radius 3 is 2.69 bits per heavy atom. The number of aliphatic imine (C=N–C) groups is 1. The summed E-state index contributed by atoms with van der Waals surface area (Å²) in [6.45, 7) is 3.53. The molecular weight excluding hydrogens is 471 g/mol. The zero-order chi connectivity index (χ0) is 25.9. The van der Waals surface area contributed by atoms with Crippen molar-refractivity contribution in [1.82, 2.24) is 19.7 Å². The predicted octanol–water partition coefficient (Wildman–Crippen LogP) is 4.53. The van der Waals surface area contributed by atoms with Crippen molar-refractivity contribution in [1.29, 1.82) is 5.26 Å². The molecule has 1 N–H and O–H groups in total. The standard InChI is InChI=1S/C25H20F3N7O/c1-15-24(19-6-8-31-21(10-19)25(26,27)28)16(2)35(34-15)14-23(36)33-22-4-3-20(13-32-22)18-5-7-30-12-17(9-18)11-29/h3-10,13H,12,14H2,1-2H3,(H,32,33,36). The first kappa shape index (κ1) is 24.5. The molecule has 1 aliphatic rings. The minimum atomic E-state index is -4.56. The van der Waals surface area contributed by atoms with Crippen molar-refractivity contribution in [3.63, 3.8) is 0 Å². The maximum atomic E-state index is 13.1. The lowest BCUT2D eigenvalue weighted by molar-refractivity contribution is -0.141. The van der Waals surface area contributed by atoms with Crippen LogP contribution in [0.15, 0.2) is 59.4 Å². The van der Waals surface area contributed by atoms with Gasteiger partial charge in [0.15, 0.2) is 0 Å². The summed E-state index contributed by atoms with van der Waals surface area (Å²) in [7, 11) is 0. The summed E-state index contributed by atoms with van der Waals surface area (Å²) in [5, 5.41) is 16.2. The second-order valence-corrected chi connectivity index (χ2v) is 8.00. The summed E-state index contributed by atoms with van der Waals surface area (Å²) in [5.74, 6) is -0.0765. The highest BCUT2D eigenvalue weighted by atomic mass is 19.4. The van der Waals surface area contributed by atoms with E-state index in [1.165, 1.54) is 10.7 Å². The third-order valence-corrected chi connectivity index (χ3v) is 5.47. The number of carbonyl (C=O) groups excluding carboxylic acids is 1. The Bertz CT molecular complexity index is 1440. The van der Waals surface area contributed by atoms with Gasteiger partial charge in [-0.2, -0.15) is 23.5 Å². The van der Waals surface area contributed by atoms with Crippen LogP contribution in [0.5, 0.6) is 0 Å². The second kappa shape index (κ2) is 9.95. The normalized spacial score (nSPS) is 13.4. The molecule has 0 bridgehead atoms. The molecule has 11 heteroatoms. The van der Waals surface area contributed by atoms with Crippen LogP contribution < -0.4 is 5.32 Å². The zero-order valence-corrected chi connectivity index (χ0v) is 19.3. The monoisotopic (exact) mass is 491 g/mol. The number of alkyl halides is 3. The summed E-state index contributed by atoms with van der Waals surface area (Å²) in [4.78, 5) is 24.4. The van der Waals surface area contributed by atoms with Gasteiger partial charge < -0.3 is 5.32 Å². The molecule has 0 unspecified atom stereocenters. The third kappa shape index (κ3) is 5.38. The van der Waals surface area contributed by atoms with Crippen LogP contribution in [0.4, 0.5) is 19.0 Å². The number of aromatic nitrogens is 4. The van der Waals surface area contributed by atoms with E-state index in [2.05, 4.69) is 31.4 Å². The number of halogens is 3. The minimum absolute atomic E-state index is 0.150. The Hall–Kier alpha value is -4.59. The number of hydrogen-bond donors (Lipinski definition) is 1. The molecule has 3 aromatic heterocycles. The summed E-state index contributed by atoms with van der Waals surface area (Å²) < 4.78 is 40.7. The van der Waals surface area contributed by atoms with Gasteiger partial charge in [0.05, 0.1) is 23.9 Å². The molecule has 4 rings (SSSR count). The SMILES string of the molecule is Cc1nn(CC(=O)Nc2ccc(C3=CC=NCC(C#N)=C3)cn2)c(C)c1-c1ccnc(C(F)(F)F)c1. The molecule has 8 nitrogen and oxygen atoms in total. The van der Waals surface area contributed by atoms with Crippen LogP contribution in [0.3, 0.4) is 0 Å². The number of nitrogens with one attached hydrogen (secondary N) is 1. The average Bonchev–Trinajstić information content (AvgIpc) is 3.00. The fourth-order valence-electron chi connectivity index (χ4n) is 3.78. The second-order valence-electron chi connectivity index (χ2n) is 8.00. The first-order valence-corrected chi connectivity index (χ1v) is 10.8. The van der Waals surface area contributed by atoms with Crippen LogP contribution in [0.25, 0.3) is 16.7 Å². The molecule has 1 aliphatic heterocycles. The van der Waals surface area contributed by atoms with E-state index in [0.29, 0.717) is 40.5 Å². The van der Waals surface area contributed by atoms with Crippen LogP contribution in [0.1, 0.15) is 22.6 Å². The minimum Gasteiger partial charge on any atom is -0.309 e. The summed E-state index contributed by atoms with van der Waals surface area (Å²) >= 11 is 0. The molecular formula is C25H20F3N7O. The molecule has 0 saturated carbocycles. The van der Waals surface area contributed by atoms with E-state index in [4.69, 9.17) is 5.26 Å². The van der Waals surface area contributed by atoms with Gasteiger partial charge in [0.25, 0.3) is 0 Å². The van der Waals surface area contributed by atoms with E-state index in [9.17, 15) is 18.0 Å². The van der Waals surface area contributed by atoms with Gasteiger partial charge in [0.1, 0.15) is 18.1 Å². The van der Waals surface area contributed by atoms with E-state index in [-0.39, 0.29) is 6.54 Å². The molecule has 0 aliphatic carbocycles. The van der Waals surface area contributed by atoms with E-state index in [0.717, 1.165) is 23.4 Å². The van der Waals surface area contributed by atoms with E-state index in [1.807, 2.05) is 0 Å². The number of carbonyl (C=O) groups is 1. The number of nitriles is 1. The Labute approximate surface area is 204 Å². The van der Waals surface area contributed by atoms with Crippen molar-refractivity contribution in [2.24, 2.45) is 4.99 Å². The highest BCUT2D eigenvalue weighted by molar-refractivity contribution is 5.91. The van der Waals surface area contributed by atoms with Gasteiger partial charge in [-0.3, -0.25) is 19.5 Å². The number of aryl methyl sites for hydroxylation is 1. The Kier molecular flexibility index (Phi) is 6.78. The van der Waals surface area contributed by atoms with E-state index in [1.54, 1.807) is 50.5 Å². The van der Waals surface area contributed by atoms with Crippen molar-refractivity contribution in [3.05, 3.63) is 77.0 Å². The maximum Gasteiger partial charge on any atom is 0.433 e. The summed E-state index contributed by atoms with van der Waals surface area (Å²) in [5.41, 5.74) is 2.94. The van der Waals surface area contributed by atoms with Crippen molar-refractivity contribution in [2.45, 2.75) is 26.6 Å². The lowest BCUT2D eigenvalue weighted by Gasteiger charge is -2.09. The van der Waals surface area contributed by atoms with Crippen molar-refractivity contribution < 1.29 is 18.0 Å². The highest BCUT2D eigenvalue weighted by Crippen LogP contribution is 2.33. The van der Waals surface area contributed by atoms with Crippen LogP contribution >= 0.6 is 0 Å². The van der Waals surface area contributed by atoms with Gasteiger partial charge in [-0.05, 0) is 61.4 Å². The van der Waals surface area contributed by atoms with Crippen molar-refractivity contribution >= 4 is 23.5 Å². The van der Waals surface area contributed by atoms with Crippen LogP contribution in [0, 0.1) is 25.2 Å². The van der Waals surface area contributed by atoms with Gasteiger partial charge in [0.2, 0.25) is 5.91 Å². The Morgan fingerprint density at radius 1 is 1.19 bits per heavy atom. The highest BCUT2D eigenvalue weighted by Gasteiger charge is 2.33. The molecule has 0 fully saturated rings. The first-order chi connectivity index (χ1) is 17.2. The molecule has 0 radical (unpaired) electrons. The molecule has 0 aromatic carbocycles. The summed E-state index contributed by atoms with van der Waals surface area (Å²) in [6.07, 6.45) is 3.26. The van der Waals surface area contributed by atoms with Gasteiger partial charge in [-0.1, -0.05) is 0 Å². The fourth-order valence-corrected chi connectivity index (χ4v) is 3.78. The first-order valence-electron chi connectivity index (χ1n) is 10.8. The smallest absolute Gasteiger partial charge is 0.309 e. The van der Waals surface area contributed by atoms with E-state index < -0.39 is 17.8 Å². The van der Waals surface area contributed by atoms with Gasteiger partial charge in [-0.25, -0.2) is 4.98 Å². The fraction of sp³-hybridized carbons (Fsp3) is 0.200. The Morgan fingerprint density at radius 2 is 2.00 bits per heavy atom. The van der Waals surface area contributed by atoms with Crippen LogP contribution in [-0.2, 0) is 17.5 Å². The number of anilines is 1. The largest absolute Gasteiger partial charge is 0.433 e. The maximum absolute atomic E-state index is 13.1. The average molecular weight is 491 g/mol. The number of amides is 1. The lowest BCUT2D eigenvalue weighted by Crippen LogP contribution is -2.21. The molecule has 0 atom stereocenters. The van der Waals surface area contributed by atoms with Crippen LogP contribution in [0.2, 0.25) is 0 Å². The number of hydrogen-bond acceptors (Lipinski definition) is 6.